The van der Waals surface area contributed by atoms with Crippen LogP contribution in [-0.2, 0) is 9.84 Å². The maximum atomic E-state index is 11.6. The maximum Gasteiger partial charge on any atom is 0.354 e. The van der Waals surface area contributed by atoms with Crippen LogP contribution in [-0.4, -0.2) is 42.3 Å². The van der Waals surface area contributed by atoms with Crippen molar-refractivity contribution in [3.05, 3.63) is 95.4 Å². The normalized spacial score (nSPS) is 10.5. The molecule has 0 aliphatic rings. The van der Waals surface area contributed by atoms with Gasteiger partial charge >= 0.3 is 5.97 Å². The van der Waals surface area contributed by atoms with Gasteiger partial charge in [-0.3, -0.25) is 4.98 Å². The van der Waals surface area contributed by atoms with Crippen molar-refractivity contribution in [2.75, 3.05) is 12.9 Å². The summed E-state index contributed by atoms with van der Waals surface area (Å²) in [5.74, 6) is 5.62. The Balaban J connectivity index is 0.000000196. The van der Waals surface area contributed by atoms with Crippen molar-refractivity contribution in [3.63, 3.8) is 0 Å². The Labute approximate surface area is 204 Å². The molecule has 4 rings (SSSR count). The molecule has 2 aromatic carbocycles. The topological polar surface area (TPSA) is 106 Å². The highest BCUT2D eigenvalue weighted by molar-refractivity contribution is 7.91. The third-order valence-corrected chi connectivity index (χ3v) is 5.99. The number of carbonyl (C=O) groups is 1. The molecule has 0 spiro atoms. The molecule has 8 heteroatoms. The molecule has 0 saturated heterocycles. The van der Waals surface area contributed by atoms with Crippen LogP contribution in [0.4, 0.5) is 0 Å². The molecule has 0 saturated carbocycles. The van der Waals surface area contributed by atoms with Gasteiger partial charge < -0.3 is 9.84 Å². The van der Waals surface area contributed by atoms with E-state index in [1.807, 2.05) is 44.2 Å². The van der Waals surface area contributed by atoms with Gasteiger partial charge in [0.05, 0.1) is 17.0 Å². The van der Waals surface area contributed by atoms with Crippen molar-refractivity contribution in [1.82, 2.24) is 9.97 Å². The molecule has 0 aliphatic heterocycles. The van der Waals surface area contributed by atoms with E-state index in [4.69, 9.17) is 9.84 Å². The zero-order valence-electron chi connectivity index (χ0n) is 19.5. The number of nitrogens with zero attached hydrogens (tertiary/aromatic N) is 2. The van der Waals surface area contributed by atoms with Crippen LogP contribution in [0.1, 0.15) is 34.1 Å². The molecule has 2 aromatic heterocycles. The standard InChI is InChI=1S/C15H11NO2.C12H13NO3S/c1-11-4-2-3-5-13(11)8-6-12-7-9-14(15(17)18)16-10-12;1-3-16-10-7-8-13-12-9(10)5-4-6-11(12)17(2,14)15/h2-5,7,9-10H,1H3,(H,17,18);4-8H,3H2,1-2H3. The summed E-state index contributed by atoms with van der Waals surface area (Å²) in [6, 6.07) is 17.7. The van der Waals surface area contributed by atoms with Gasteiger partial charge in [-0.15, -0.1) is 0 Å². The summed E-state index contributed by atoms with van der Waals surface area (Å²) in [4.78, 5) is 18.8. The van der Waals surface area contributed by atoms with Crippen LogP contribution >= 0.6 is 0 Å². The average Bonchev–Trinajstić information content (AvgIpc) is 2.84. The minimum atomic E-state index is -3.28. The Kier molecular flexibility index (Phi) is 8.18. The van der Waals surface area contributed by atoms with Crippen LogP contribution in [0.2, 0.25) is 0 Å². The number of benzene rings is 2. The van der Waals surface area contributed by atoms with Gasteiger partial charge in [-0.05, 0) is 55.8 Å². The third kappa shape index (κ3) is 6.65. The first-order chi connectivity index (χ1) is 16.7. The Morgan fingerprint density at radius 1 is 1.00 bits per heavy atom. The molecule has 178 valence electrons. The number of aromatic carboxylic acids is 1. The Hall–Kier alpha value is -4.22. The fourth-order valence-electron chi connectivity index (χ4n) is 3.15. The van der Waals surface area contributed by atoms with E-state index in [0.717, 1.165) is 16.5 Å². The van der Waals surface area contributed by atoms with Crippen molar-refractivity contribution >= 4 is 26.7 Å². The zero-order valence-corrected chi connectivity index (χ0v) is 20.3. The summed E-state index contributed by atoms with van der Waals surface area (Å²) >= 11 is 0. The number of ether oxygens (including phenoxy) is 1. The molecule has 0 radical (unpaired) electrons. The lowest BCUT2D eigenvalue weighted by atomic mass is 10.1. The van der Waals surface area contributed by atoms with E-state index in [-0.39, 0.29) is 10.6 Å². The van der Waals surface area contributed by atoms with Crippen LogP contribution in [0, 0.1) is 18.8 Å². The summed E-state index contributed by atoms with van der Waals surface area (Å²) in [5, 5.41) is 9.44. The van der Waals surface area contributed by atoms with Crippen molar-refractivity contribution in [2.45, 2.75) is 18.7 Å². The number of aryl methyl sites for hydroxylation is 1. The first kappa shape index (κ1) is 25.4. The van der Waals surface area contributed by atoms with Gasteiger partial charge in [0.15, 0.2) is 9.84 Å². The second kappa shape index (κ2) is 11.3. The predicted octanol–water partition coefficient (Wildman–Crippen LogP) is 4.53. The fourth-order valence-corrected chi connectivity index (χ4v) is 3.99. The summed E-state index contributed by atoms with van der Waals surface area (Å²) in [7, 11) is -3.28. The molecule has 0 amide bonds. The number of carboxylic acids is 1. The van der Waals surface area contributed by atoms with Crippen LogP contribution in [0.15, 0.2) is 78.0 Å². The summed E-state index contributed by atoms with van der Waals surface area (Å²) in [5.41, 5.74) is 3.25. The number of rotatable bonds is 4. The summed E-state index contributed by atoms with van der Waals surface area (Å²) in [6.45, 7) is 4.41. The average molecular weight is 489 g/mol. The highest BCUT2D eigenvalue weighted by atomic mass is 32.2. The SMILES string of the molecule is CCOc1ccnc2c(S(C)(=O)=O)cccc12.Cc1ccccc1C#Cc1ccc(C(=O)O)nc1. The van der Waals surface area contributed by atoms with Gasteiger partial charge in [-0.25, -0.2) is 18.2 Å². The molecule has 0 aliphatic carbocycles. The number of para-hydroxylation sites is 1. The molecule has 0 atom stereocenters. The van der Waals surface area contributed by atoms with E-state index in [1.54, 1.807) is 30.5 Å². The van der Waals surface area contributed by atoms with Crippen LogP contribution in [0.25, 0.3) is 10.9 Å². The Morgan fingerprint density at radius 3 is 2.40 bits per heavy atom. The quantitative estimate of drug-likeness (QED) is 0.421. The zero-order chi connectivity index (χ0) is 25.4. The highest BCUT2D eigenvalue weighted by Gasteiger charge is 2.14. The molecular formula is C27H24N2O5S. The van der Waals surface area contributed by atoms with Crippen LogP contribution < -0.4 is 4.74 Å². The largest absolute Gasteiger partial charge is 0.493 e. The predicted molar refractivity (Wildman–Crippen MR) is 134 cm³/mol. The minimum absolute atomic E-state index is 0.0245. The molecular weight excluding hydrogens is 464 g/mol. The van der Waals surface area contributed by atoms with Gasteiger partial charge in [0, 0.05) is 35.2 Å². The number of pyridine rings is 2. The van der Waals surface area contributed by atoms with Crippen molar-refractivity contribution in [3.8, 4) is 17.6 Å². The highest BCUT2D eigenvalue weighted by Crippen LogP contribution is 2.28. The minimum Gasteiger partial charge on any atom is -0.493 e. The number of hydrogen-bond donors (Lipinski definition) is 1. The molecule has 0 bridgehead atoms. The van der Waals surface area contributed by atoms with Crippen molar-refractivity contribution in [2.24, 2.45) is 0 Å². The Morgan fingerprint density at radius 2 is 1.77 bits per heavy atom. The molecule has 4 aromatic rings. The monoisotopic (exact) mass is 488 g/mol. The summed E-state index contributed by atoms with van der Waals surface area (Å²) < 4.78 is 28.7. The molecule has 35 heavy (non-hydrogen) atoms. The lowest BCUT2D eigenvalue weighted by Gasteiger charge is -2.08. The first-order valence-electron chi connectivity index (χ1n) is 10.7. The third-order valence-electron chi connectivity index (χ3n) is 4.86. The number of fused-ring (bicyclic) bond motifs is 1. The van der Waals surface area contributed by atoms with Crippen LogP contribution in [0.5, 0.6) is 5.75 Å². The van der Waals surface area contributed by atoms with Gasteiger partial charge in [0.2, 0.25) is 0 Å². The van der Waals surface area contributed by atoms with Crippen molar-refractivity contribution < 1.29 is 23.1 Å². The van der Waals surface area contributed by atoms with E-state index < -0.39 is 15.8 Å². The molecule has 0 fully saturated rings. The van der Waals surface area contributed by atoms with E-state index in [0.29, 0.717) is 23.4 Å². The smallest absolute Gasteiger partial charge is 0.354 e. The van der Waals surface area contributed by atoms with Crippen molar-refractivity contribution in [1.29, 1.82) is 0 Å². The summed E-state index contributed by atoms with van der Waals surface area (Å²) in [6.07, 6.45) is 4.20. The van der Waals surface area contributed by atoms with Crippen LogP contribution in [0.3, 0.4) is 0 Å². The number of carboxylic acid groups (broad SMARTS) is 1. The molecule has 7 nitrogen and oxygen atoms in total. The molecule has 0 unspecified atom stereocenters. The first-order valence-corrected chi connectivity index (χ1v) is 12.6. The van der Waals surface area contributed by atoms with E-state index in [2.05, 4.69) is 21.8 Å². The maximum absolute atomic E-state index is 11.6. The molecule has 2 heterocycles. The lowest BCUT2D eigenvalue weighted by molar-refractivity contribution is 0.0690. The molecule has 1 N–H and O–H groups in total. The van der Waals surface area contributed by atoms with E-state index in [9.17, 15) is 13.2 Å². The number of sulfone groups is 1. The fraction of sp³-hybridized carbons (Fsp3) is 0.148. The van der Waals surface area contributed by atoms with Gasteiger partial charge in [0.1, 0.15) is 11.4 Å². The van der Waals surface area contributed by atoms with Gasteiger partial charge in [0.25, 0.3) is 0 Å². The Bertz CT molecular complexity index is 1520. The number of aromatic nitrogens is 2. The second-order valence-corrected chi connectivity index (χ2v) is 9.45. The van der Waals surface area contributed by atoms with Gasteiger partial charge in [-0.2, -0.15) is 0 Å². The number of hydrogen-bond acceptors (Lipinski definition) is 6. The van der Waals surface area contributed by atoms with E-state index in [1.165, 1.54) is 18.5 Å². The lowest BCUT2D eigenvalue weighted by Crippen LogP contribution is -2.00. The second-order valence-electron chi connectivity index (χ2n) is 7.47. The van der Waals surface area contributed by atoms with Gasteiger partial charge in [-0.1, -0.05) is 36.1 Å². The van der Waals surface area contributed by atoms with E-state index >= 15 is 0 Å².